The van der Waals surface area contributed by atoms with Crippen LogP contribution in [0, 0.1) is 10.1 Å². The number of thiazole rings is 1. The Morgan fingerprint density at radius 3 is 2.81 bits per heavy atom. The molecule has 1 aliphatic heterocycles. The van der Waals surface area contributed by atoms with Crippen LogP contribution in [0.1, 0.15) is 4.88 Å². The molecule has 0 fully saturated rings. The first-order valence-corrected chi connectivity index (χ1v) is 9.05. The fourth-order valence-electron chi connectivity index (χ4n) is 2.44. The third-order valence-corrected chi connectivity index (χ3v) is 5.79. The third kappa shape index (κ3) is 3.00. The molecule has 0 spiro atoms. The minimum atomic E-state index is -0.462. The van der Waals surface area contributed by atoms with Crippen molar-refractivity contribution in [1.82, 2.24) is 4.57 Å². The molecule has 1 aromatic carbocycles. The maximum absolute atomic E-state index is 12.1. The summed E-state index contributed by atoms with van der Waals surface area (Å²) in [7, 11) is 1.82. The predicted octanol–water partition coefficient (Wildman–Crippen LogP) is 3.08. The van der Waals surface area contributed by atoms with E-state index >= 15 is 0 Å². The molecule has 1 amide bonds. The van der Waals surface area contributed by atoms with Gasteiger partial charge in [-0.2, -0.15) is 4.99 Å². The summed E-state index contributed by atoms with van der Waals surface area (Å²) in [6.07, 6.45) is 2.82. The van der Waals surface area contributed by atoms with Crippen molar-refractivity contribution in [2.45, 2.75) is 0 Å². The Morgan fingerprint density at radius 2 is 2.08 bits per heavy atom. The zero-order valence-corrected chi connectivity index (χ0v) is 15.0. The molecule has 10 heteroatoms. The number of ether oxygens (including phenoxy) is 2. The summed E-state index contributed by atoms with van der Waals surface area (Å²) in [5, 5.41) is 10.7. The molecule has 0 N–H and O–H groups in total. The molecule has 3 aromatic rings. The first kappa shape index (κ1) is 16.5. The van der Waals surface area contributed by atoms with Gasteiger partial charge in [-0.1, -0.05) is 22.7 Å². The van der Waals surface area contributed by atoms with E-state index in [2.05, 4.69) is 4.99 Å². The van der Waals surface area contributed by atoms with Gasteiger partial charge in [-0.3, -0.25) is 14.9 Å². The van der Waals surface area contributed by atoms with Crippen LogP contribution in [0.5, 0.6) is 11.5 Å². The number of aryl methyl sites for hydroxylation is 1. The van der Waals surface area contributed by atoms with Crippen molar-refractivity contribution in [3.63, 3.8) is 0 Å². The monoisotopic (exact) mass is 389 g/mol. The molecule has 0 radical (unpaired) electrons. The lowest BCUT2D eigenvalue weighted by Gasteiger charge is -1.97. The summed E-state index contributed by atoms with van der Waals surface area (Å²) in [6, 6.07) is 6.72. The molecule has 3 heterocycles. The summed E-state index contributed by atoms with van der Waals surface area (Å²) in [4.78, 5) is 27.6. The number of benzene rings is 1. The van der Waals surface area contributed by atoms with E-state index in [1.54, 1.807) is 6.07 Å². The van der Waals surface area contributed by atoms with Gasteiger partial charge in [-0.25, -0.2) is 0 Å². The van der Waals surface area contributed by atoms with Crippen molar-refractivity contribution in [2.24, 2.45) is 12.0 Å². The van der Waals surface area contributed by atoms with Crippen LogP contribution < -0.4 is 14.3 Å². The molecular formula is C16H11N3O5S2. The van der Waals surface area contributed by atoms with Crippen molar-refractivity contribution < 1.29 is 19.2 Å². The van der Waals surface area contributed by atoms with E-state index in [-0.39, 0.29) is 11.8 Å². The van der Waals surface area contributed by atoms with Crippen LogP contribution in [-0.4, -0.2) is 22.2 Å². The lowest BCUT2D eigenvalue weighted by atomic mass is 10.3. The smallest absolute Gasteiger partial charge is 0.324 e. The fourth-order valence-corrected chi connectivity index (χ4v) is 4.20. The second kappa shape index (κ2) is 6.39. The molecule has 26 heavy (non-hydrogen) atoms. The van der Waals surface area contributed by atoms with Crippen LogP contribution in [0.4, 0.5) is 5.00 Å². The molecule has 8 nitrogen and oxygen atoms in total. The first-order valence-electron chi connectivity index (χ1n) is 7.41. The van der Waals surface area contributed by atoms with Crippen LogP contribution in [0.3, 0.4) is 0 Å². The van der Waals surface area contributed by atoms with E-state index < -0.39 is 10.8 Å². The van der Waals surface area contributed by atoms with E-state index in [1.807, 2.05) is 23.7 Å². The van der Waals surface area contributed by atoms with Gasteiger partial charge in [0, 0.05) is 36.2 Å². The van der Waals surface area contributed by atoms with Crippen molar-refractivity contribution in [3.05, 3.63) is 50.1 Å². The van der Waals surface area contributed by atoms with Crippen LogP contribution in [-0.2, 0) is 11.8 Å². The number of rotatable bonds is 3. The highest BCUT2D eigenvalue weighted by atomic mass is 32.1. The number of carbonyl (C=O) groups excluding carboxylic acids is 1. The van der Waals surface area contributed by atoms with Gasteiger partial charge >= 0.3 is 5.00 Å². The highest BCUT2D eigenvalue weighted by molar-refractivity contribution is 7.16. The summed E-state index contributed by atoms with van der Waals surface area (Å²) in [6.45, 7) is 0.206. The highest BCUT2D eigenvalue weighted by Gasteiger charge is 2.16. The molecule has 0 bridgehead atoms. The molecule has 4 rings (SSSR count). The lowest BCUT2D eigenvalue weighted by molar-refractivity contribution is -0.380. The number of fused-ring (bicyclic) bond motifs is 2. The number of nitrogens with zero attached hydrogens (tertiary/aromatic N) is 3. The maximum Gasteiger partial charge on any atom is 0.324 e. The van der Waals surface area contributed by atoms with Gasteiger partial charge in [-0.05, 0) is 12.1 Å². The SMILES string of the molecule is Cn1c(=NC(=O)/C=C/c2ccc([N+](=O)[O-])s2)sc2cc3c(cc21)OCO3. The van der Waals surface area contributed by atoms with E-state index in [9.17, 15) is 14.9 Å². The van der Waals surface area contributed by atoms with Crippen molar-refractivity contribution in [3.8, 4) is 11.5 Å². The van der Waals surface area contributed by atoms with Crippen LogP contribution >= 0.6 is 22.7 Å². The van der Waals surface area contributed by atoms with Gasteiger partial charge in [0.15, 0.2) is 16.3 Å². The number of aromatic nitrogens is 1. The summed E-state index contributed by atoms with van der Waals surface area (Å²) < 4.78 is 13.5. The summed E-state index contributed by atoms with van der Waals surface area (Å²) >= 11 is 2.37. The number of thiophene rings is 1. The van der Waals surface area contributed by atoms with Gasteiger partial charge in [0.2, 0.25) is 6.79 Å². The Bertz CT molecular complexity index is 1140. The Kier molecular flexibility index (Phi) is 4.05. The van der Waals surface area contributed by atoms with E-state index in [1.165, 1.54) is 29.6 Å². The highest BCUT2D eigenvalue weighted by Crippen LogP contribution is 2.36. The van der Waals surface area contributed by atoms with Gasteiger partial charge < -0.3 is 14.0 Å². The number of hydrogen-bond acceptors (Lipinski definition) is 7. The molecule has 0 saturated heterocycles. The van der Waals surface area contributed by atoms with E-state index in [4.69, 9.17) is 9.47 Å². The maximum atomic E-state index is 12.1. The first-order chi connectivity index (χ1) is 12.5. The summed E-state index contributed by atoms with van der Waals surface area (Å²) in [5.41, 5.74) is 0.892. The zero-order valence-electron chi connectivity index (χ0n) is 13.4. The average Bonchev–Trinajstić information content (AvgIpc) is 3.31. The van der Waals surface area contributed by atoms with Gasteiger partial charge in [0.05, 0.1) is 15.1 Å². The Hall–Kier alpha value is -2.98. The van der Waals surface area contributed by atoms with Crippen molar-refractivity contribution in [2.75, 3.05) is 6.79 Å². The van der Waals surface area contributed by atoms with Crippen LogP contribution in [0.15, 0.2) is 35.3 Å². The largest absolute Gasteiger partial charge is 0.454 e. The third-order valence-electron chi connectivity index (χ3n) is 3.69. The topological polar surface area (TPSA) is 96.0 Å². The average molecular weight is 389 g/mol. The summed E-state index contributed by atoms with van der Waals surface area (Å²) in [5.74, 6) is 0.905. The molecular weight excluding hydrogens is 378 g/mol. The molecule has 0 atom stereocenters. The minimum absolute atomic E-state index is 0.0300. The fraction of sp³-hybridized carbons (Fsp3) is 0.125. The number of hydrogen-bond donors (Lipinski definition) is 0. The van der Waals surface area contributed by atoms with Crippen LogP contribution in [0.25, 0.3) is 16.3 Å². The van der Waals surface area contributed by atoms with Crippen LogP contribution in [0.2, 0.25) is 0 Å². The zero-order chi connectivity index (χ0) is 18.3. The quantitative estimate of drug-likeness (QED) is 0.390. The molecule has 1 aliphatic rings. The van der Waals surface area contributed by atoms with Gasteiger partial charge in [0.25, 0.3) is 5.91 Å². The normalized spacial score (nSPS) is 13.8. The van der Waals surface area contributed by atoms with E-state index in [0.29, 0.717) is 21.2 Å². The minimum Gasteiger partial charge on any atom is -0.454 e. The standard InChI is InChI=1S/C16H11N3O5S2/c1-18-10-6-11-12(24-8-23-11)7-13(10)26-16(18)17-14(20)4-2-9-3-5-15(25-9)19(21)22/h2-7H,8H2,1H3/b4-2+,17-16?. The number of amides is 1. The van der Waals surface area contributed by atoms with Crippen molar-refractivity contribution in [1.29, 1.82) is 0 Å². The lowest BCUT2D eigenvalue weighted by Crippen LogP contribution is -2.12. The molecule has 0 saturated carbocycles. The van der Waals surface area contributed by atoms with Gasteiger partial charge in [0.1, 0.15) is 0 Å². The molecule has 132 valence electrons. The number of carbonyl (C=O) groups is 1. The predicted molar refractivity (Wildman–Crippen MR) is 97.5 cm³/mol. The second-order valence-corrected chi connectivity index (χ2v) is 7.44. The molecule has 0 aliphatic carbocycles. The molecule has 2 aromatic heterocycles. The Labute approximate surface area is 154 Å². The van der Waals surface area contributed by atoms with Crippen molar-refractivity contribution >= 4 is 49.9 Å². The number of nitro groups is 1. The second-order valence-electron chi connectivity index (χ2n) is 5.33. The van der Waals surface area contributed by atoms with E-state index in [0.717, 1.165) is 21.6 Å². The van der Waals surface area contributed by atoms with Gasteiger partial charge in [-0.15, -0.1) is 0 Å². The molecule has 0 unspecified atom stereocenters. The Morgan fingerprint density at radius 1 is 1.31 bits per heavy atom. The Balaban J connectivity index is 1.62.